The molecule has 1 aliphatic rings. The number of thiazole rings is 1. The van der Waals surface area contributed by atoms with Gasteiger partial charge < -0.3 is 4.74 Å². The molecule has 2 heterocycles. The molecule has 0 saturated carbocycles. The number of hydrogen-bond donors (Lipinski definition) is 2. The highest BCUT2D eigenvalue weighted by atomic mass is 32.2. The highest BCUT2D eigenvalue weighted by Gasteiger charge is 2.20. The molecule has 0 bridgehead atoms. The van der Waals surface area contributed by atoms with Crippen LogP contribution in [0.3, 0.4) is 0 Å². The van der Waals surface area contributed by atoms with Crippen LogP contribution >= 0.6 is 11.3 Å². The summed E-state index contributed by atoms with van der Waals surface area (Å²) in [5, 5.41) is 3.26. The lowest BCUT2D eigenvalue weighted by atomic mass is 10.2. The van der Waals surface area contributed by atoms with Crippen LogP contribution in [0.4, 0.5) is 5.13 Å². The van der Waals surface area contributed by atoms with Gasteiger partial charge in [0.25, 0.3) is 5.91 Å². The summed E-state index contributed by atoms with van der Waals surface area (Å²) in [4.78, 5) is 16.9. The molecule has 9 heteroatoms. The van der Waals surface area contributed by atoms with E-state index in [0.29, 0.717) is 17.3 Å². The Balaban J connectivity index is 1.42. The van der Waals surface area contributed by atoms with Gasteiger partial charge in [-0.3, -0.25) is 10.1 Å². The van der Waals surface area contributed by atoms with Gasteiger partial charge in [0, 0.05) is 18.7 Å². The minimum absolute atomic E-state index is 0.0753. The molecule has 0 aliphatic carbocycles. The zero-order chi connectivity index (χ0) is 19.6. The fraction of sp³-hybridized carbons (Fsp3) is 0.263. The van der Waals surface area contributed by atoms with E-state index in [1.54, 1.807) is 0 Å². The normalized spacial score (nSPS) is 17.1. The minimum Gasteiger partial charge on any atom is -0.377 e. The lowest BCUT2D eigenvalue weighted by Crippen LogP contribution is -2.31. The monoisotopic (exact) mass is 417 g/mol. The van der Waals surface area contributed by atoms with Gasteiger partial charge in [-0.1, -0.05) is 23.5 Å². The summed E-state index contributed by atoms with van der Waals surface area (Å²) >= 11 is 1.39. The number of anilines is 1. The Morgan fingerprint density at radius 1 is 1.18 bits per heavy atom. The van der Waals surface area contributed by atoms with Gasteiger partial charge in [0.2, 0.25) is 10.0 Å². The first-order chi connectivity index (χ1) is 13.5. The number of hydrogen-bond acceptors (Lipinski definition) is 6. The summed E-state index contributed by atoms with van der Waals surface area (Å²) in [5.74, 6) is -0.338. The van der Waals surface area contributed by atoms with Crippen LogP contribution in [0.15, 0.2) is 53.4 Å². The smallest absolute Gasteiger partial charge is 0.257 e. The minimum atomic E-state index is -3.64. The molecule has 1 saturated heterocycles. The fourth-order valence-corrected chi connectivity index (χ4v) is 4.90. The van der Waals surface area contributed by atoms with Crippen LogP contribution in [0.1, 0.15) is 23.2 Å². The van der Waals surface area contributed by atoms with Crippen molar-refractivity contribution >= 4 is 42.6 Å². The number of para-hydroxylation sites is 1. The Morgan fingerprint density at radius 3 is 2.68 bits per heavy atom. The van der Waals surface area contributed by atoms with E-state index in [1.165, 1.54) is 35.6 Å². The molecule has 28 heavy (non-hydrogen) atoms. The van der Waals surface area contributed by atoms with Crippen molar-refractivity contribution in [3.63, 3.8) is 0 Å². The summed E-state index contributed by atoms with van der Waals surface area (Å²) in [6.07, 6.45) is 1.73. The number of fused-ring (bicyclic) bond motifs is 1. The van der Waals surface area contributed by atoms with Crippen LogP contribution < -0.4 is 10.0 Å². The molecular weight excluding hydrogens is 398 g/mol. The number of amides is 1. The number of aromatic nitrogens is 1. The van der Waals surface area contributed by atoms with E-state index in [2.05, 4.69) is 15.0 Å². The van der Waals surface area contributed by atoms with Crippen LogP contribution in [0.25, 0.3) is 10.2 Å². The van der Waals surface area contributed by atoms with E-state index >= 15 is 0 Å². The van der Waals surface area contributed by atoms with Crippen molar-refractivity contribution in [2.75, 3.05) is 18.5 Å². The van der Waals surface area contributed by atoms with Crippen molar-refractivity contribution in [1.82, 2.24) is 9.71 Å². The summed E-state index contributed by atoms with van der Waals surface area (Å²) in [5.41, 5.74) is 1.18. The third-order valence-corrected chi connectivity index (χ3v) is 6.86. The molecule has 1 fully saturated rings. The molecule has 2 N–H and O–H groups in total. The highest BCUT2D eigenvalue weighted by molar-refractivity contribution is 7.89. The average Bonchev–Trinajstić information content (AvgIpc) is 3.35. The predicted molar refractivity (Wildman–Crippen MR) is 108 cm³/mol. The van der Waals surface area contributed by atoms with Crippen LogP contribution in [0.5, 0.6) is 0 Å². The quantitative estimate of drug-likeness (QED) is 0.643. The first-order valence-electron chi connectivity index (χ1n) is 8.89. The van der Waals surface area contributed by atoms with Crippen LogP contribution in [-0.2, 0) is 14.8 Å². The van der Waals surface area contributed by atoms with Gasteiger partial charge in [0.05, 0.1) is 21.2 Å². The van der Waals surface area contributed by atoms with Gasteiger partial charge in [0.1, 0.15) is 0 Å². The van der Waals surface area contributed by atoms with Crippen LogP contribution in [-0.4, -0.2) is 38.6 Å². The zero-order valence-electron chi connectivity index (χ0n) is 14.9. The molecule has 0 unspecified atom stereocenters. The standard InChI is InChI=1S/C19H19N3O4S2/c23-18(22-19-21-16-5-1-2-6-17(16)27-19)13-7-9-15(10-8-13)28(24,25)20-12-14-4-3-11-26-14/h1-2,5-10,14,20H,3-4,11-12H2,(H,21,22,23)/t14-/m1/s1. The molecule has 1 amide bonds. The first kappa shape index (κ1) is 19.0. The van der Waals surface area contributed by atoms with Crippen molar-refractivity contribution in [3.8, 4) is 0 Å². The van der Waals surface area contributed by atoms with Gasteiger partial charge >= 0.3 is 0 Å². The topological polar surface area (TPSA) is 97.4 Å². The number of nitrogens with one attached hydrogen (secondary N) is 2. The van der Waals surface area contributed by atoms with Crippen LogP contribution in [0, 0.1) is 0 Å². The van der Waals surface area contributed by atoms with Gasteiger partial charge in [-0.05, 0) is 49.2 Å². The lowest BCUT2D eigenvalue weighted by molar-refractivity contribution is 0.102. The van der Waals surface area contributed by atoms with Crippen molar-refractivity contribution in [3.05, 3.63) is 54.1 Å². The summed E-state index contributed by atoms with van der Waals surface area (Å²) in [6, 6.07) is 13.4. The summed E-state index contributed by atoms with van der Waals surface area (Å²) < 4.78 is 33.7. The number of rotatable bonds is 6. The first-order valence-corrected chi connectivity index (χ1v) is 11.2. The number of nitrogens with zero attached hydrogens (tertiary/aromatic N) is 1. The van der Waals surface area contributed by atoms with E-state index in [0.717, 1.165) is 23.1 Å². The van der Waals surface area contributed by atoms with Crippen molar-refractivity contribution < 1.29 is 17.9 Å². The SMILES string of the molecule is O=C(Nc1nc2ccccc2s1)c1ccc(S(=O)(=O)NC[C@H]2CCCO2)cc1. The lowest BCUT2D eigenvalue weighted by Gasteiger charge is -2.11. The molecule has 7 nitrogen and oxygen atoms in total. The average molecular weight is 418 g/mol. The maximum absolute atomic E-state index is 12.4. The van der Waals surface area contributed by atoms with Crippen molar-refractivity contribution in [2.45, 2.75) is 23.8 Å². The van der Waals surface area contributed by atoms with E-state index in [-0.39, 0.29) is 23.5 Å². The second kappa shape index (κ2) is 7.96. The number of ether oxygens (including phenoxy) is 1. The summed E-state index contributed by atoms with van der Waals surface area (Å²) in [6.45, 7) is 0.924. The molecule has 1 aliphatic heterocycles. The maximum atomic E-state index is 12.4. The van der Waals surface area contributed by atoms with Gasteiger partial charge in [-0.2, -0.15) is 0 Å². The van der Waals surface area contributed by atoms with Crippen molar-refractivity contribution in [2.24, 2.45) is 0 Å². The molecule has 1 aromatic heterocycles. The molecule has 146 valence electrons. The molecule has 0 radical (unpaired) electrons. The third-order valence-electron chi connectivity index (χ3n) is 4.47. The summed E-state index contributed by atoms with van der Waals surface area (Å²) in [7, 11) is -3.64. The second-order valence-corrected chi connectivity index (χ2v) is 9.25. The Morgan fingerprint density at radius 2 is 1.96 bits per heavy atom. The van der Waals surface area contributed by atoms with Gasteiger partial charge in [-0.15, -0.1) is 0 Å². The van der Waals surface area contributed by atoms with Crippen molar-refractivity contribution in [1.29, 1.82) is 0 Å². The number of carbonyl (C=O) groups excluding carboxylic acids is 1. The van der Waals surface area contributed by atoms with E-state index < -0.39 is 10.0 Å². The van der Waals surface area contributed by atoms with E-state index in [9.17, 15) is 13.2 Å². The van der Waals surface area contributed by atoms with Gasteiger partial charge in [0.15, 0.2) is 5.13 Å². The Hall–Kier alpha value is -2.33. The molecule has 4 rings (SSSR count). The largest absolute Gasteiger partial charge is 0.377 e. The Kier molecular flexibility index (Phi) is 5.40. The molecule has 1 atom stereocenters. The number of benzene rings is 2. The molecular formula is C19H19N3O4S2. The Labute approximate surface area is 166 Å². The fourth-order valence-electron chi connectivity index (χ4n) is 2.97. The highest BCUT2D eigenvalue weighted by Crippen LogP contribution is 2.25. The number of sulfonamides is 1. The third kappa shape index (κ3) is 4.22. The maximum Gasteiger partial charge on any atom is 0.257 e. The Bertz CT molecular complexity index is 1050. The molecule has 0 spiro atoms. The zero-order valence-corrected chi connectivity index (χ0v) is 16.6. The van der Waals surface area contributed by atoms with Crippen LogP contribution in [0.2, 0.25) is 0 Å². The number of carbonyl (C=O) groups is 1. The molecule has 2 aromatic carbocycles. The van der Waals surface area contributed by atoms with Gasteiger partial charge in [-0.25, -0.2) is 18.1 Å². The predicted octanol–water partition coefficient (Wildman–Crippen LogP) is 3.01. The second-order valence-electron chi connectivity index (χ2n) is 6.45. The van der Waals surface area contributed by atoms with E-state index in [4.69, 9.17) is 4.74 Å². The molecule has 3 aromatic rings. The van der Waals surface area contributed by atoms with E-state index in [1.807, 2.05) is 24.3 Å².